The van der Waals surface area contributed by atoms with E-state index in [-0.39, 0.29) is 55.9 Å². The van der Waals surface area contributed by atoms with Gasteiger partial charge in [0, 0.05) is 41.8 Å². The molecule has 7 rings (SSSR count). The molecule has 0 unspecified atom stereocenters. The first-order valence-electron chi connectivity index (χ1n) is 20.0. The van der Waals surface area contributed by atoms with Gasteiger partial charge in [-0.3, -0.25) is 23.9 Å². The molecule has 0 radical (unpaired) electrons. The van der Waals surface area contributed by atoms with Crippen molar-refractivity contribution in [2.75, 3.05) is 27.4 Å². The molecule has 302 valence electrons. The number of allylic oxidation sites excluding steroid dienone is 3. The number of hydrogen-bond acceptors (Lipinski definition) is 11. The number of aromatic nitrogens is 1. The summed E-state index contributed by atoms with van der Waals surface area (Å²) in [6.07, 6.45) is 13.5. The second-order valence-electron chi connectivity index (χ2n) is 16.3. The van der Waals surface area contributed by atoms with E-state index in [1.54, 1.807) is 13.2 Å². The number of hydrogen-bond donors (Lipinski definition) is 1. The third kappa shape index (κ3) is 8.74. The molecule has 3 fully saturated rings. The van der Waals surface area contributed by atoms with E-state index in [2.05, 4.69) is 15.8 Å². The highest BCUT2D eigenvalue weighted by atomic mass is 32.2. The molecule has 4 heterocycles. The van der Waals surface area contributed by atoms with Gasteiger partial charge >= 0.3 is 5.97 Å². The number of sulfonamides is 1. The lowest BCUT2D eigenvalue weighted by molar-refractivity contribution is -0.151. The van der Waals surface area contributed by atoms with Gasteiger partial charge in [0.2, 0.25) is 27.7 Å². The molecule has 1 saturated heterocycles. The van der Waals surface area contributed by atoms with E-state index >= 15 is 0 Å². The number of fused-ring (bicyclic) bond motifs is 4. The highest BCUT2D eigenvalue weighted by molar-refractivity contribution is 7.90. The Morgan fingerprint density at radius 2 is 1.82 bits per heavy atom. The molecular weight excluding hydrogens is 739 g/mol. The van der Waals surface area contributed by atoms with E-state index in [0.29, 0.717) is 60.4 Å². The van der Waals surface area contributed by atoms with Crippen LogP contribution in [0, 0.1) is 23.2 Å². The Bertz CT molecular complexity index is 2030. The van der Waals surface area contributed by atoms with Crippen molar-refractivity contribution in [3.05, 3.63) is 42.0 Å². The number of Topliss-reactive ketones (excluding diaryl/α,β-unsaturated/α-hetero) is 1. The number of nitrogens with one attached hydrogen (secondary N) is 1. The maximum atomic E-state index is 14.7. The van der Waals surface area contributed by atoms with Crippen LogP contribution in [0.25, 0.3) is 17.0 Å². The molecule has 2 saturated carbocycles. The van der Waals surface area contributed by atoms with E-state index in [4.69, 9.17) is 18.9 Å². The summed E-state index contributed by atoms with van der Waals surface area (Å²) >= 11 is 0. The molecule has 2 amide bonds. The number of pyridine rings is 1. The van der Waals surface area contributed by atoms with Crippen molar-refractivity contribution in [2.24, 2.45) is 23.2 Å². The monoisotopic (exact) mass is 791 g/mol. The van der Waals surface area contributed by atoms with E-state index in [1.807, 2.05) is 37.3 Å². The average molecular weight is 792 g/mol. The first-order valence-corrected chi connectivity index (χ1v) is 21.6. The van der Waals surface area contributed by atoms with Crippen LogP contribution in [0.4, 0.5) is 0 Å². The number of cyclic esters (lactones) is 1. The van der Waals surface area contributed by atoms with Gasteiger partial charge in [-0.05, 0) is 69.3 Å². The van der Waals surface area contributed by atoms with E-state index in [9.17, 15) is 27.6 Å². The Hall–Kier alpha value is -4.46. The van der Waals surface area contributed by atoms with Crippen molar-refractivity contribution in [3.63, 3.8) is 0 Å². The van der Waals surface area contributed by atoms with Crippen molar-refractivity contribution in [3.8, 4) is 17.4 Å². The fourth-order valence-corrected chi connectivity index (χ4v) is 9.78. The minimum absolute atomic E-state index is 0.0610. The van der Waals surface area contributed by atoms with Crippen molar-refractivity contribution in [2.45, 2.75) is 108 Å². The predicted octanol–water partition coefficient (Wildman–Crippen LogP) is 5.69. The van der Waals surface area contributed by atoms with Crippen molar-refractivity contribution < 1.29 is 46.5 Å². The molecule has 1 N–H and O–H groups in total. The maximum Gasteiger partial charge on any atom is 0.306 e. The summed E-state index contributed by atoms with van der Waals surface area (Å²) in [5, 5.41) is 0.0942. The van der Waals surface area contributed by atoms with Gasteiger partial charge in [0.05, 0.1) is 56.0 Å². The van der Waals surface area contributed by atoms with Gasteiger partial charge in [0.25, 0.3) is 0 Å². The molecule has 3 aliphatic heterocycles. The van der Waals surface area contributed by atoms with Crippen LogP contribution in [0.5, 0.6) is 17.4 Å². The quantitative estimate of drug-likeness (QED) is 0.292. The number of ether oxygens (including phenoxy) is 4. The normalized spacial score (nSPS) is 30.4. The number of methoxy groups -OCH3 is 2. The second kappa shape index (κ2) is 16.6. The van der Waals surface area contributed by atoms with Crippen molar-refractivity contribution in [1.29, 1.82) is 0 Å². The largest absolute Gasteiger partial charge is 0.496 e. The summed E-state index contributed by atoms with van der Waals surface area (Å²) in [6, 6.07) is 4.47. The summed E-state index contributed by atoms with van der Waals surface area (Å²) in [5.74, 6) is -1.38. The lowest BCUT2D eigenvalue weighted by Crippen LogP contribution is -2.46. The number of amides is 2. The van der Waals surface area contributed by atoms with E-state index in [0.717, 1.165) is 37.7 Å². The van der Waals surface area contributed by atoms with Crippen LogP contribution in [0.15, 0.2) is 36.4 Å². The Kier molecular flexibility index (Phi) is 11.8. The first-order chi connectivity index (χ1) is 26.9. The number of ketones is 1. The molecule has 1 aromatic heterocycles. The van der Waals surface area contributed by atoms with Crippen LogP contribution >= 0.6 is 0 Å². The molecule has 5 aliphatic rings. The zero-order chi connectivity index (χ0) is 39.6. The third-order valence-corrected chi connectivity index (χ3v) is 13.8. The van der Waals surface area contributed by atoms with Crippen LogP contribution < -0.4 is 18.9 Å². The Labute approximate surface area is 328 Å². The molecule has 14 heteroatoms. The van der Waals surface area contributed by atoms with Crippen LogP contribution in [0.3, 0.4) is 0 Å². The Morgan fingerprint density at radius 3 is 2.59 bits per heavy atom. The first kappa shape index (κ1) is 39.8. The minimum atomic E-state index is -3.85. The Balaban J connectivity index is 1.26. The fourth-order valence-electron chi connectivity index (χ4n) is 8.40. The van der Waals surface area contributed by atoms with Crippen molar-refractivity contribution in [1.82, 2.24) is 14.6 Å². The molecular formula is C42H53N3O10S. The number of carbonyl (C=O) groups is 4. The summed E-state index contributed by atoms with van der Waals surface area (Å²) in [6.45, 7) is 2.30. The molecule has 2 aromatic rings. The summed E-state index contributed by atoms with van der Waals surface area (Å²) in [4.78, 5) is 62.6. The highest BCUT2D eigenvalue weighted by Gasteiger charge is 2.61. The van der Waals surface area contributed by atoms with Crippen LogP contribution in [0.1, 0.15) is 96.0 Å². The maximum absolute atomic E-state index is 14.7. The van der Waals surface area contributed by atoms with E-state index < -0.39 is 50.6 Å². The highest BCUT2D eigenvalue weighted by Crippen LogP contribution is 2.57. The molecule has 5 bridgehead atoms. The standard InChI is InChI=1S/C42H53N3O10S/c1-26-11-9-10-12-27-17-32-33(20-36(27)52-2)43-38(53-3)21-37(32)55-30-19-34-35(46)23-42(41(49)44-56(50,51)31-15-16-31)22-29(42)14-8-6-4-5-7-13-28(18-39(47)54-25-26)40(48)45(34)24-30/h8,10,12,14,17,20-21,26,28-31,34H,4-7,9,11,13,15-16,18-19,22-25H2,1-3H3,(H,44,49)/b12-10+,14-8-/t26-,28-,29+,30-,34+,42-/m1/s1. The number of nitrogens with zero attached hydrogens (tertiary/aromatic N) is 2. The van der Waals surface area contributed by atoms with Crippen LogP contribution in [-0.2, 0) is 33.9 Å². The Morgan fingerprint density at radius 1 is 1.00 bits per heavy atom. The second-order valence-corrected chi connectivity index (χ2v) is 18.2. The molecule has 56 heavy (non-hydrogen) atoms. The van der Waals surface area contributed by atoms with Gasteiger partial charge in [0.15, 0.2) is 5.78 Å². The molecule has 1 aromatic carbocycles. The fraction of sp³-hybridized carbons (Fsp3) is 0.595. The van der Waals surface area contributed by atoms with Crippen LogP contribution in [0.2, 0.25) is 0 Å². The number of esters is 1. The van der Waals surface area contributed by atoms with Crippen molar-refractivity contribution >= 4 is 50.6 Å². The summed E-state index contributed by atoms with van der Waals surface area (Å²) < 4.78 is 51.8. The van der Waals surface area contributed by atoms with E-state index in [1.165, 1.54) is 12.0 Å². The number of carbonyl (C=O) groups excluding carboxylic acids is 4. The third-order valence-electron chi connectivity index (χ3n) is 12.0. The summed E-state index contributed by atoms with van der Waals surface area (Å²) in [5.41, 5.74) is 0.137. The number of benzene rings is 1. The zero-order valence-electron chi connectivity index (χ0n) is 32.5. The number of rotatable bonds is 5. The van der Waals surface area contributed by atoms with Gasteiger partial charge in [-0.2, -0.15) is 0 Å². The SMILES string of the molecule is COc1cc2c3cc(c(OC)cc3n1)/C=C/CC[C@@H](C)COC(=O)C[C@H]1CCCCC/C=C\[C@H]3C[C@@]3(C(=O)NS(=O)(=O)C3CC3)CC(=O)[C@@H]3C[C@H](CN3C1=O)O2. The molecule has 0 spiro atoms. The summed E-state index contributed by atoms with van der Waals surface area (Å²) in [7, 11) is -0.749. The topological polar surface area (TPSA) is 167 Å². The molecule has 2 aliphatic carbocycles. The van der Waals surface area contributed by atoms with Crippen LogP contribution in [-0.4, -0.2) is 86.6 Å². The smallest absolute Gasteiger partial charge is 0.306 e. The molecule has 13 nitrogen and oxygen atoms in total. The lowest BCUT2D eigenvalue weighted by Gasteiger charge is -2.29. The van der Waals surface area contributed by atoms with Gasteiger partial charge in [-0.25, -0.2) is 13.4 Å². The van der Waals surface area contributed by atoms with Gasteiger partial charge in [-0.1, -0.05) is 44.1 Å². The average Bonchev–Trinajstić information content (AvgIpc) is 4.10. The van der Waals surface area contributed by atoms with Gasteiger partial charge < -0.3 is 23.8 Å². The molecule has 6 atom stereocenters. The minimum Gasteiger partial charge on any atom is -0.496 e. The van der Waals surface area contributed by atoms with Gasteiger partial charge in [-0.15, -0.1) is 0 Å². The predicted molar refractivity (Wildman–Crippen MR) is 208 cm³/mol. The lowest BCUT2D eigenvalue weighted by atomic mass is 9.90. The van der Waals surface area contributed by atoms with Gasteiger partial charge in [0.1, 0.15) is 17.6 Å². The zero-order valence-corrected chi connectivity index (χ0v) is 33.3.